The van der Waals surface area contributed by atoms with Crippen LogP contribution in [0.15, 0.2) is 0 Å². The Kier molecular flexibility index (Phi) is 56.2. The summed E-state index contributed by atoms with van der Waals surface area (Å²) < 4.78 is 11.9. The summed E-state index contributed by atoms with van der Waals surface area (Å²) in [6.07, 6.45) is 60.9. The van der Waals surface area contributed by atoms with E-state index in [9.17, 15) is 9.59 Å². The average Bonchev–Trinajstić information content (AvgIpc) is 3.35. The van der Waals surface area contributed by atoms with Gasteiger partial charge in [-0.1, -0.05) is 285 Å². The molecule has 0 saturated heterocycles. The fraction of sp³-hybridized carbons (Fsp3) is 0.969. The van der Waals surface area contributed by atoms with E-state index in [-0.39, 0.29) is 23.8 Å². The first-order valence-corrected chi connectivity index (χ1v) is 32.1. The van der Waals surface area contributed by atoms with Crippen molar-refractivity contribution < 1.29 is 19.1 Å². The van der Waals surface area contributed by atoms with Gasteiger partial charge in [-0.05, 0) is 78.6 Å². The van der Waals surface area contributed by atoms with Crippen molar-refractivity contribution in [1.82, 2.24) is 9.80 Å². The van der Waals surface area contributed by atoms with Crippen LogP contribution in [0.25, 0.3) is 0 Å². The molecule has 2 atom stereocenters. The Balaban J connectivity index is 4.59. The van der Waals surface area contributed by atoms with Gasteiger partial charge in [0.25, 0.3) is 0 Å². The second-order valence-electron chi connectivity index (χ2n) is 22.7. The summed E-state index contributed by atoms with van der Waals surface area (Å²) in [5.41, 5.74) is 0. The fourth-order valence-corrected chi connectivity index (χ4v) is 10.4. The molecule has 0 N–H and O–H groups in total. The molecule has 0 amide bonds. The van der Waals surface area contributed by atoms with Crippen LogP contribution < -0.4 is 0 Å². The molecule has 70 heavy (non-hydrogen) atoms. The maximum atomic E-state index is 13.3. The molecule has 0 spiro atoms. The van der Waals surface area contributed by atoms with E-state index in [1.165, 1.54) is 257 Å². The predicted octanol–water partition coefficient (Wildman–Crippen LogP) is 20.0. The normalized spacial score (nSPS) is 12.6. The first kappa shape index (κ1) is 68.9. The van der Waals surface area contributed by atoms with Gasteiger partial charge in [0, 0.05) is 13.1 Å². The lowest BCUT2D eigenvalue weighted by Gasteiger charge is -2.24. The molecule has 0 aromatic heterocycles. The van der Waals surface area contributed by atoms with E-state index in [1.54, 1.807) is 0 Å². The van der Waals surface area contributed by atoms with Gasteiger partial charge in [0.05, 0.1) is 25.0 Å². The Hall–Kier alpha value is -1.14. The van der Waals surface area contributed by atoms with E-state index in [0.29, 0.717) is 13.2 Å². The topological polar surface area (TPSA) is 59.1 Å². The number of likely N-dealkylation sites (N-methyl/N-ethyl adjacent to an activating group) is 1. The lowest BCUT2D eigenvalue weighted by Crippen LogP contribution is -2.33. The Morgan fingerprint density at radius 2 is 0.514 bits per heavy atom. The van der Waals surface area contributed by atoms with Gasteiger partial charge in [-0.25, -0.2) is 0 Å². The molecule has 0 bridgehead atoms. The molecule has 0 aromatic carbocycles. The van der Waals surface area contributed by atoms with Crippen LogP contribution in [-0.2, 0) is 19.1 Å². The lowest BCUT2D eigenvalue weighted by atomic mass is 9.94. The van der Waals surface area contributed by atoms with Crippen LogP contribution in [0.2, 0.25) is 0 Å². The van der Waals surface area contributed by atoms with Crippen molar-refractivity contribution in [3.8, 4) is 0 Å². The van der Waals surface area contributed by atoms with Gasteiger partial charge < -0.3 is 19.3 Å². The SMILES string of the molecule is CCCCCCCCCCCCC(CCCCCCCCCC)C(=O)OCCCCCCN(CCCCCCOC(=O)C(CCCCCCCCCC)CCCCCCCCCCCC)CCN(C)C. The first-order valence-electron chi connectivity index (χ1n) is 32.1. The zero-order valence-electron chi connectivity index (χ0n) is 48.9. The number of unbranched alkanes of at least 4 members (excludes halogenated alkanes) is 38. The van der Waals surface area contributed by atoms with Crippen molar-refractivity contribution in [3.63, 3.8) is 0 Å². The molecule has 0 radical (unpaired) electrons. The number of hydrogen-bond acceptors (Lipinski definition) is 6. The lowest BCUT2D eigenvalue weighted by molar-refractivity contribution is -0.150. The molecule has 0 saturated carbocycles. The van der Waals surface area contributed by atoms with E-state index < -0.39 is 0 Å². The third kappa shape index (κ3) is 50.4. The van der Waals surface area contributed by atoms with Gasteiger partial charge >= 0.3 is 11.9 Å². The van der Waals surface area contributed by atoms with E-state index in [2.05, 4.69) is 51.6 Å². The average molecular weight is 990 g/mol. The van der Waals surface area contributed by atoms with Gasteiger partial charge in [-0.2, -0.15) is 0 Å². The summed E-state index contributed by atoms with van der Waals surface area (Å²) in [5, 5.41) is 0. The van der Waals surface area contributed by atoms with Crippen LogP contribution in [0.1, 0.15) is 336 Å². The molecule has 0 aliphatic heterocycles. The van der Waals surface area contributed by atoms with E-state index >= 15 is 0 Å². The van der Waals surface area contributed by atoms with Crippen LogP contribution in [0, 0.1) is 11.8 Å². The maximum Gasteiger partial charge on any atom is 0.308 e. The number of rotatable bonds is 59. The maximum absolute atomic E-state index is 13.3. The standard InChI is InChI=1S/C64H128N2O4/c1-7-11-15-19-23-27-29-33-37-45-53-61(51-43-35-31-25-21-17-13-9-3)63(67)69-59-49-41-39-47-55-66(58-57-65(5)6)56-48-40-42-50-60-70-64(68)62(52-44-36-32-26-22-18-14-10-4)54-46-38-34-30-28-24-20-16-12-8-2/h61-62H,7-60H2,1-6H3. The summed E-state index contributed by atoms with van der Waals surface area (Å²) in [5.74, 6) is 0.370. The zero-order valence-corrected chi connectivity index (χ0v) is 48.9. The summed E-state index contributed by atoms with van der Waals surface area (Å²) >= 11 is 0. The Morgan fingerprint density at radius 1 is 0.286 bits per heavy atom. The highest BCUT2D eigenvalue weighted by Crippen LogP contribution is 2.24. The second kappa shape index (κ2) is 57.1. The molecule has 0 rings (SSSR count). The number of carbonyl (C=O) groups excluding carboxylic acids is 2. The van der Waals surface area contributed by atoms with Crippen molar-refractivity contribution >= 4 is 11.9 Å². The molecule has 0 aliphatic carbocycles. The second-order valence-corrected chi connectivity index (χ2v) is 22.7. The van der Waals surface area contributed by atoms with Crippen LogP contribution in [0.5, 0.6) is 0 Å². The molecular formula is C64H128N2O4. The molecule has 0 aromatic rings. The van der Waals surface area contributed by atoms with Gasteiger partial charge in [-0.15, -0.1) is 0 Å². The molecule has 418 valence electrons. The smallest absolute Gasteiger partial charge is 0.308 e. The first-order chi connectivity index (χ1) is 34.4. The summed E-state index contributed by atoms with van der Waals surface area (Å²) in [6.45, 7) is 14.8. The van der Waals surface area contributed by atoms with Gasteiger partial charge in [-0.3, -0.25) is 9.59 Å². The van der Waals surface area contributed by atoms with Crippen LogP contribution in [-0.4, -0.2) is 75.2 Å². The minimum absolute atomic E-state index is 0.0877. The summed E-state index contributed by atoms with van der Waals surface area (Å²) in [4.78, 5) is 31.6. The van der Waals surface area contributed by atoms with Crippen LogP contribution in [0.3, 0.4) is 0 Å². The van der Waals surface area contributed by atoms with Crippen molar-refractivity contribution in [2.75, 3.05) is 53.5 Å². The largest absolute Gasteiger partial charge is 0.465 e. The Morgan fingerprint density at radius 3 is 0.771 bits per heavy atom. The molecular weight excluding hydrogens is 861 g/mol. The third-order valence-corrected chi connectivity index (χ3v) is 15.4. The predicted molar refractivity (Wildman–Crippen MR) is 308 cm³/mol. The highest BCUT2D eigenvalue weighted by molar-refractivity contribution is 5.72. The van der Waals surface area contributed by atoms with Crippen molar-refractivity contribution in [1.29, 1.82) is 0 Å². The van der Waals surface area contributed by atoms with Crippen molar-refractivity contribution in [2.24, 2.45) is 11.8 Å². The van der Waals surface area contributed by atoms with Crippen LogP contribution >= 0.6 is 0 Å². The molecule has 6 heteroatoms. The number of hydrogen-bond donors (Lipinski definition) is 0. The summed E-state index contributed by atoms with van der Waals surface area (Å²) in [7, 11) is 4.35. The minimum Gasteiger partial charge on any atom is -0.465 e. The number of carbonyl (C=O) groups is 2. The Bertz CT molecular complexity index is 963. The molecule has 0 aliphatic rings. The van der Waals surface area contributed by atoms with E-state index in [1.807, 2.05) is 0 Å². The van der Waals surface area contributed by atoms with E-state index in [4.69, 9.17) is 9.47 Å². The van der Waals surface area contributed by atoms with Gasteiger partial charge in [0.2, 0.25) is 0 Å². The molecule has 0 fully saturated rings. The number of esters is 2. The van der Waals surface area contributed by atoms with Crippen molar-refractivity contribution in [2.45, 2.75) is 336 Å². The molecule has 2 unspecified atom stereocenters. The van der Waals surface area contributed by atoms with Gasteiger partial charge in [0.15, 0.2) is 0 Å². The quantitative estimate of drug-likeness (QED) is 0.0447. The Labute approximate surface area is 440 Å². The number of nitrogens with zero attached hydrogens (tertiary/aromatic N) is 2. The van der Waals surface area contributed by atoms with E-state index in [0.717, 1.165) is 77.5 Å². The van der Waals surface area contributed by atoms with Crippen molar-refractivity contribution in [3.05, 3.63) is 0 Å². The highest BCUT2D eigenvalue weighted by atomic mass is 16.5. The summed E-state index contributed by atoms with van der Waals surface area (Å²) in [6, 6.07) is 0. The number of ether oxygens (including phenoxy) is 2. The zero-order chi connectivity index (χ0) is 51.1. The molecule has 0 heterocycles. The van der Waals surface area contributed by atoms with Crippen LogP contribution in [0.4, 0.5) is 0 Å². The fourth-order valence-electron chi connectivity index (χ4n) is 10.4. The third-order valence-electron chi connectivity index (χ3n) is 15.4. The minimum atomic E-state index is 0.0877. The van der Waals surface area contributed by atoms with Gasteiger partial charge in [0.1, 0.15) is 0 Å². The monoisotopic (exact) mass is 989 g/mol. The highest BCUT2D eigenvalue weighted by Gasteiger charge is 2.21. The molecule has 6 nitrogen and oxygen atoms in total.